The Morgan fingerprint density at radius 1 is 0.949 bits per heavy atom. The van der Waals surface area contributed by atoms with Gasteiger partial charge in [0.15, 0.2) is 0 Å². The van der Waals surface area contributed by atoms with E-state index >= 15 is 0 Å². The first kappa shape index (κ1) is 27.9. The lowest BCUT2D eigenvalue weighted by Gasteiger charge is -2.35. The van der Waals surface area contributed by atoms with Gasteiger partial charge >= 0.3 is 5.97 Å². The molecule has 2 heterocycles. The van der Waals surface area contributed by atoms with Crippen molar-refractivity contribution in [3.05, 3.63) is 71.3 Å². The molecule has 0 spiro atoms. The number of likely N-dealkylation sites (tertiary alicyclic amines) is 2. The monoisotopic (exact) mass is 527 g/mol. The van der Waals surface area contributed by atoms with Gasteiger partial charge in [0.1, 0.15) is 6.04 Å². The Morgan fingerprint density at radius 2 is 1.67 bits per heavy atom. The van der Waals surface area contributed by atoms with E-state index in [2.05, 4.69) is 58.3 Å². The van der Waals surface area contributed by atoms with Crippen molar-refractivity contribution in [2.45, 2.75) is 76.2 Å². The van der Waals surface area contributed by atoms with Crippen LogP contribution in [-0.4, -0.2) is 59.6 Å². The van der Waals surface area contributed by atoms with E-state index in [-0.39, 0.29) is 6.04 Å². The summed E-state index contributed by atoms with van der Waals surface area (Å²) in [5.74, 6) is 1.36. The SMILES string of the molecule is N#Cc1ccc(CCCC2CCN(CC3CN(C(C(=O)O)C4CCCCC4)CC3c3ccccc3)CC2)cc1. The average molecular weight is 528 g/mol. The Hall–Kier alpha value is -2.68. The maximum absolute atomic E-state index is 12.5. The second-order valence-electron chi connectivity index (χ2n) is 12.4. The number of carboxylic acid groups (broad SMARTS) is 1. The molecule has 2 aromatic carbocycles. The van der Waals surface area contributed by atoms with Crippen LogP contribution in [-0.2, 0) is 11.2 Å². The van der Waals surface area contributed by atoms with Crippen molar-refractivity contribution in [2.24, 2.45) is 17.8 Å². The van der Waals surface area contributed by atoms with E-state index in [9.17, 15) is 9.90 Å². The minimum atomic E-state index is -0.615. The highest BCUT2D eigenvalue weighted by atomic mass is 16.4. The minimum Gasteiger partial charge on any atom is -0.480 e. The van der Waals surface area contributed by atoms with Crippen molar-refractivity contribution in [1.82, 2.24) is 9.80 Å². The molecule has 2 aliphatic heterocycles. The number of hydrogen-bond donors (Lipinski definition) is 1. The second-order valence-corrected chi connectivity index (χ2v) is 12.4. The van der Waals surface area contributed by atoms with E-state index in [4.69, 9.17) is 5.26 Å². The van der Waals surface area contributed by atoms with Crippen LogP contribution >= 0.6 is 0 Å². The molecule has 39 heavy (non-hydrogen) atoms. The number of rotatable bonds is 10. The molecule has 1 saturated carbocycles. The smallest absolute Gasteiger partial charge is 0.321 e. The number of benzene rings is 2. The van der Waals surface area contributed by atoms with E-state index in [0.717, 1.165) is 63.5 Å². The van der Waals surface area contributed by atoms with Gasteiger partial charge in [-0.25, -0.2) is 0 Å². The molecule has 1 aliphatic carbocycles. The molecule has 3 unspecified atom stereocenters. The third kappa shape index (κ3) is 7.29. The molecule has 3 atom stereocenters. The molecular formula is C34H45N3O2. The van der Waals surface area contributed by atoms with E-state index in [1.54, 1.807) is 0 Å². The summed E-state index contributed by atoms with van der Waals surface area (Å²) in [5.41, 5.74) is 3.44. The highest BCUT2D eigenvalue weighted by Crippen LogP contribution is 2.38. The molecule has 1 N–H and O–H groups in total. The molecule has 3 aliphatic rings. The van der Waals surface area contributed by atoms with E-state index < -0.39 is 5.97 Å². The van der Waals surface area contributed by atoms with Gasteiger partial charge in [0.05, 0.1) is 11.6 Å². The molecule has 0 amide bonds. The van der Waals surface area contributed by atoms with Gasteiger partial charge < -0.3 is 10.0 Å². The maximum Gasteiger partial charge on any atom is 0.321 e. The standard InChI is InChI=1S/C34H45N3O2/c35-22-28-16-14-26(15-17-28)8-7-9-27-18-20-36(21-19-27)23-31-24-37(25-32(31)29-10-3-1-4-11-29)33(34(38)39)30-12-5-2-6-13-30/h1,3-4,10-11,14-17,27,30-33H,2,5-9,12-13,18-21,23-25H2,(H,38,39). The minimum absolute atomic E-state index is 0.298. The van der Waals surface area contributed by atoms with Gasteiger partial charge in [0.25, 0.3) is 0 Å². The summed E-state index contributed by atoms with van der Waals surface area (Å²) in [6.45, 7) is 5.16. The van der Waals surface area contributed by atoms with Crippen LogP contribution in [0.15, 0.2) is 54.6 Å². The first-order chi connectivity index (χ1) is 19.1. The van der Waals surface area contributed by atoms with Crippen LogP contribution in [0.5, 0.6) is 0 Å². The third-order valence-corrected chi connectivity index (χ3v) is 9.80. The van der Waals surface area contributed by atoms with Crippen molar-refractivity contribution in [3.8, 4) is 6.07 Å². The Morgan fingerprint density at radius 3 is 2.33 bits per heavy atom. The molecule has 0 aromatic heterocycles. The lowest BCUT2D eigenvalue weighted by atomic mass is 9.83. The van der Waals surface area contributed by atoms with Gasteiger partial charge in [-0.15, -0.1) is 0 Å². The quantitative estimate of drug-likeness (QED) is 0.390. The van der Waals surface area contributed by atoms with Crippen LogP contribution in [0.3, 0.4) is 0 Å². The fourth-order valence-electron chi connectivity index (χ4n) is 7.63. The summed E-state index contributed by atoms with van der Waals surface area (Å²) in [6.07, 6.45) is 11.8. The van der Waals surface area contributed by atoms with E-state index in [0.29, 0.717) is 17.8 Å². The zero-order chi connectivity index (χ0) is 27.0. The predicted molar refractivity (Wildman–Crippen MR) is 156 cm³/mol. The highest BCUT2D eigenvalue weighted by molar-refractivity contribution is 5.74. The lowest BCUT2D eigenvalue weighted by molar-refractivity contribution is -0.145. The Bertz CT molecular complexity index is 1080. The van der Waals surface area contributed by atoms with E-state index in [1.807, 2.05) is 12.1 Å². The van der Waals surface area contributed by atoms with Crippen molar-refractivity contribution in [2.75, 3.05) is 32.7 Å². The van der Waals surface area contributed by atoms with Gasteiger partial charge in [-0.05, 0) is 92.6 Å². The van der Waals surface area contributed by atoms with Crippen molar-refractivity contribution in [1.29, 1.82) is 5.26 Å². The van der Waals surface area contributed by atoms with Gasteiger partial charge in [-0.3, -0.25) is 9.69 Å². The summed E-state index contributed by atoms with van der Waals surface area (Å²) in [7, 11) is 0. The summed E-state index contributed by atoms with van der Waals surface area (Å²) >= 11 is 0. The largest absolute Gasteiger partial charge is 0.480 e. The van der Waals surface area contributed by atoms with Gasteiger partial charge in [-0.2, -0.15) is 5.26 Å². The predicted octanol–water partition coefficient (Wildman–Crippen LogP) is 6.34. The van der Waals surface area contributed by atoms with Crippen LogP contribution in [0.2, 0.25) is 0 Å². The van der Waals surface area contributed by atoms with E-state index in [1.165, 1.54) is 56.1 Å². The van der Waals surface area contributed by atoms with Crippen molar-refractivity contribution in [3.63, 3.8) is 0 Å². The molecule has 0 radical (unpaired) electrons. The highest BCUT2D eigenvalue weighted by Gasteiger charge is 2.43. The number of carboxylic acids is 1. The maximum atomic E-state index is 12.5. The fourth-order valence-corrected chi connectivity index (χ4v) is 7.63. The number of aliphatic carboxylic acids is 1. The van der Waals surface area contributed by atoms with Crippen LogP contribution in [0.25, 0.3) is 0 Å². The second kappa shape index (κ2) is 13.6. The van der Waals surface area contributed by atoms with Gasteiger partial charge in [-0.1, -0.05) is 68.1 Å². The number of hydrogen-bond acceptors (Lipinski definition) is 4. The van der Waals surface area contributed by atoms with Crippen LogP contribution in [0.1, 0.15) is 80.4 Å². The summed E-state index contributed by atoms with van der Waals surface area (Å²) in [4.78, 5) is 17.5. The van der Waals surface area contributed by atoms with Gasteiger partial charge in [0, 0.05) is 25.6 Å². The summed E-state index contributed by atoms with van der Waals surface area (Å²) in [5, 5.41) is 19.3. The molecule has 5 nitrogen and oxygen atoms in total. The number of nitriles is 1. The first-order valence-corrected chi connectivity index (χ1v) is 15.3. The zero-order valence-electron chi connectivity index (χ0n) is 23.4. The molecule has 208 valence electrons. The number of piperidine rings is 1. The van der Waals surface area contributed by atoms with Crippen LogP contribution in [0, 0.1) is 29.1 Å². The Labute approximate surface area is 234 Å². The molecule has 0 bridgehead atoms. The average Bonchev–Trinajstić information content (AvgIpc) is 3.38. The molecule has 3 fully saturated rings. The van der Waals surface area contributed by atoms with Gasteiger partial charge in [0.2, 0.25) is 0 Å². The summed E-state index contributed by atoms with van der Waals surface area (Å²) < 4.78 is 0. The number of carbonyl (C=O) groups is 1. The zero-order valence-corrected chi connectivity index (χ0v) is 23.4. The lowest BCUT2D eigenvalue weighted by Crippen LogP contribution is -2.46. The Balaban J connectivity index is 1.15. The topological polar surface area (TPSA) is 67.6 Å². The molecular weight excluding hydrogens is 482 g/mol. The summed E-state index contributed by atoms with van der Waals surface area (Å²) in [6, 6.07) is 20.8. The van der Waals surface area contributed by atoms with Crippen LogP contribution in [0.4, 0.5) is 0 Å². The normalized spacial score (nSPS) is 24.4. The first-order valence-electron chi connectivity index (χ1n) is 15.3. The third-order valence-electron chi connectivity index (χ3n) is 9.80. The number of aryl methyl sites for hydroxylation is 1. The van der Waals surface area contributed by atoms with Crippen molar-refractivity contribution >= 4 is 5.97 Å². The fraction of sp³-hybridized carbons (Fsp3) is 0.588. The Kier molecular flexibility index (Phi) is 9.71. The molecule has 2 aromatic rings. The molecule has 5 rings (SSSR count). The van der Waals surface area contributed by atoms with Crippen LogP contribution < -0.4 is 0 Å². The molecule has 5 heteroatoms. The molecule has 2 saturated heterocycles. The number of nitrogens with zero attached hydrogens (tertiary/aromatic N) is 3. The van der Waals surface area contributed by atoms with Crippen molar-refractivity contribution < 1.29 is 9.90 Å².